The molecule has 0 saturated heterocycles. The van der Waals surface area contributed by atoms with Gasteiger partial charge < -0.3 is 15.2 Å². The molecular weight excluding hydrogens is 374 g/mol. The number of methoxy groups -OCH3 is 1. The molecule has 0 aliphatic rings. The minimum Gasteiger partial charge on any atom is -0.496 e. The van der Waals surface area contributed by atoms with Crippen LogP contribution in [-0.2, 0) is 0 Å². The molecule has 7 heteroatoms. The topological polar surface area (TPSA) is 75.6 Å². The molecule has 0 unspecified atom stereocenters. The average molecular weight is 385 g/mol. The van der Waals surface area contributed by atoms with Gasteiger partial charge in [-0.2, -0.15) is 0 Å². The summed E-state index contributed by atoms with van der Waals surface area (Å²) in [4.78, 5) is 23.4. The fourth-order valence-corrected chi connectivity index (χ4v) is 2.52. The Balaban J connectivity index is 2.31. The van der Waals surface area contributed by atoms with Crippen LogP contribution >= 0.6 is 27.5 Å². The number of carbonyl (C=O) groups is 2. The molecule has 0 aliphatic heterocycles. The van der Waals surface area contributed by atoms with Crippen molar-refractivity contribution in [3.05, 3.63) is 57.0 Å². The molecule has 0 aliphatic carbocycles. The molecule has 2 aromatic rings. The Morgan fingerprint density at radius 2 is 1.95 bits per heavy atom. The molecule has 2 N–H and O–H groups in total. The number of rotatable bonds is 4. The molecule has 1 amide bonds. The van der Waals surface area contributed by atoms with E-state index in [1.54, 1.807) is 18.2 Å². The fraction of sp³-hybridized carbons (Fsp3) is 0.0667. The van der Waals surface area contributed by atoms with E-state index in [-0.39, 0.29) is 11.3 Å². The van der Waals surface area contributed by atoms with Crippen LogP contribution in [-0.4, -0.2) is 24.1 Å². The zero-order chi connectivity index (χ0) is 16.3. The van der Waals surface area contributed by atoms with Gasteiger partial charge in [-0.15, -0.1) is 0 Å². The summed E-state index contributed by atoms with van der Waals surface area (Å²) in [7, 11) is 1.52. The van der Waals surface area contributed by atoms with Gasteiger partial charge in [0.05, 0.1) is 22.8 Å². The van der Waals surface area contributed by atoms with Crippen molar-refractivity contribution >= 4 is 45.1 Å². The number of anilines is 1. The standard InChI is InChI=1S/C15H11BrClNO4/c1-22-13-5-2-8(6-11(13)16)14(19)18-12-7-9(17)3-4-10(12)15(20)21/h2-7H,1H3,(H,18,19)(H,20,21). The fourth-order valence-electron chi connectivity index (χ4n) is 1.81. The monoisotopic (exact) mass is 383 g/mol. The molecule has 0 saturated carbocycles. The largest absolute Gasteiger partial charge is 0.496 e. The number of carboxylic acids is 1. The molecule has 0 atom stereocenters. The van der Waals surface area contributed by atoms with E-state index in [4.69, 9.17) is 21.4 Å². The number of carboxylic acid groups (broad SMARTS) is 1. The average Bonchev–Trinajstić information content (AvgIpc) is 2.46. The molecule has 114 valence electrons. The summed E-state index contributed by atoms with van der Waals surface area (Å²) in [6, 6.07) is 8.97. The third kappa shape index (κ3) is 3.58. The van der Waals surface area contributed by atoms with Crippen molar-refractivity contribution in [1.29, 1.82) is 0 Å². The van der Waals surface area contributed by atoms with Gasteiger partial charge in [-0.3, -0.25) is 4.79 Å². The van der Waals surface area contributed by atoms with Crippen molar-refractivity contribution < 1.29 is 19.4 Å². The molecule has 0 aromatic heterocycles. The molecule has 22 heavy (non-hydrogen) atoms. The van der Waals surface area contributed by atoms with Crippen LogP contribution in [0.25, 0.3) is 0 Å². The first-order valence-electron chi connectivity index (χ1n) is 6.10. The first kappa shape index (κ1) is 16.3. The summed E-state index contributed by atoms with van der Waals surface area (Å²) < 4.78 is 5.71. The van der Waals surface area contributed by atoms with Crippen molar-refractivity contribution in [1.82, 2.24) is 0 Å². The second-order valence-corrected chi connectivity index (χ2v) is 5.59. The van der Waals surface area contributed by atoms with Crippen LogP contribution in [0.3, 0.4) is 0 Å². The van der Waals surface area contributed by atoms with Crippen LogP contribution < -0.4 is 10.1 Å². The summed E-state index contributed by atoms with van der Waals surface area (Å²) in [5.74, 6) is -1.01. The second kappa shape index (κ2) is 6.81. The zero-order valence-corrected chi connectivity index (χ0v) is 13.7. The van der Waals surface area contributed by atoms with Crippen LogP contribution in [0.15, 0.2) is 40.9 Å². The number of amides is 1. The summed E-state index contributed by atoms with van der Waals surface area (Å²) in [6.07, 6.45) is 0. The maximum absolute atomic E-state index is 12.2. The number of halogens is 2. The van der Waals surface area contributed by atoms with Crippen LogP contribution in [0, 0.1) is 0 Å². The van der Waals surface area contributed by atoms with Gasteiger partial charge in [-0.25, -0.2) is 4.79 Å². The lowest BCUT2D eigenvalue weighted by Crippen LogP contribution is -2.15. The van der Waals surface area contributed by atoms with E-state index >= 15 is 0 Å². The molecule has 5 nitrogen and oxygen atoms in total. The van der Waals surface area contributed by atoms with Crippen molar-refractivity contribution in [2.75, 3.05) is 12.4 Å². The summed E-state index contributed by atoms with van der Waals surface area (Å²) in [5, 5.41) is 12.0. The molecule has 0 fully saturated rings. The lowest BCUT2D eigenvalue weighted by molar-refractivity contribution is 0.0698. The SMILES string of the molecule is COc1ccc(C(=O)Nc2cc(Cl)ccc2C(=O)O)cc1Br. The number of nitrogens with one attached hydrogen (secondary N) is 1. The number of hydrogen-bond acceptors (Lipinski definition) is 3. The lowest BCUT2D eigenvalue weighted by atomic mass is 10.1. The van der Waals surface area contributed by atoms with E-state index in [2.05, 4.69) is 21.2 Å². The number of hydrogen-bond donors (Lipinski definition) is 2. The van der Waals surface area contributed by atoms with Crippen molar-refractivity contribution in [2.45, 2.75) is 0 Å². The lowest BCUT2D eigenvalue weighted by Gasteiger charge is -2.10. The van der Waals surface area contributed by atoms with Crippen LogP contribution in [0.2, 0.25) is 5.02 Å². The van der Waals surface area contributed by atoms with Crippen molar-refractivity contribution in [3.8, 4) is 5.75 Å². The Labute approximate surface area is 140 Å². The highest BCUT2D eigenvalue weighted by Crippen LogP contribution is 2.27. The molecule has 0 spiro atoms. The van der Waals surface area contributed by atoms with Crippen LogP contribution in [0.4, 0.5) is 5.69 Å². The molecule has 0 heterocycles. The Bertz CT molecular complexity index is 748. The van der Waals surface area contributed by atoms with Gasteiger partial charge in [-0.1, -0.05) is 11.6 Å². The molecule has 2 aromatic carbocycles. The third-order valence-electron chi connectivity index (χ3n) is 2.87. The summed E-state index contributed by atoms with van der Waals surface area (Å²) >= 11 is 9.14. The van der Waals surface area contributed by atoms with Gasteiger partial charge in [0.25, 0.3) is 5.91 Å². The number of aromatic carboxylic acids is 1. The highest BCUT2D eigenvalue weighted by molar-refractivity contribution is 9.10. The van der Waals surface area contributed by atoms with E-state index in [0.29, 0.717) is 20.8 Å². The maximum Gasteiger partial charge on any atom is 0.337 e. The maximum atomic E-state index is 12.2. The van der Waals surface area contributed by atoms with Crippen molar-refractivity contribution in [3.63, 3.8) is 0 Å². The van der Waals surface area contributed by atoms with E-state index in [1.807, 2.05) is 0 Å². The molecule has 0 bridgehead atoms. The van der Waals surface area contributed by atoms with Gasteiger partial charge in [0, 0.05) is 10.6 Å². The number of ether oxygens (including phenoxy) is 1. The van der Waals surface area contributed by atoms with Gasteiger partial charge in [0.15, 0.2) is 0 Å². The van der Waals surface area contributed by atoms with Gasteiger partial charge in [-0.05, 0) is 52.3 Å². The zero-order valence-electron chi connectivity index (χ0n) is 11.4. The van der Waals surface area contributed by atoms with E-state index in [9.17, 15) is 9.59 Å². The highest BCUT2D eigenvalue weighted by atomic mass is 79.9. The molecule has 2 rings (SSSR count). The second-order valence-electron chi connectivity index (χ2n) is 4.30. The van der Waals surface area contributed by atoms with Gasteiger partial charge in [0.1, 0.15) is 5.75 Å². The van der Waals surface area contributed by atoms with Crippen LogP contribution in [0.1, 0.15) is 20.7 Å². The smallest absolute Gasteiger partial charge is 0.337 e. The molecular formula is C15H11BrClNO4. The Hall–Kier alpha value is -2.05. The van der Waals surface area contributed by atoms with E-state index in [1.165, 1.54) is 25.3 Å². The highest BCUT2D eigenvalue weighted by Gasteiger charge is 2.15. The Kier molecular flexibility index (Phi) is 5.05. The minimum atomic E-state index is -1.15. The van der Waals surface area contributed by atoms with Crippen molar-refractivity contribution in [2.24, 2.45) is 0 Å². The minimum absolute atomic E-state index is 0.0367. The third-order valence-corrected chi connectivity index (χ3v) is 3.73. The predicted molar refractivity (Wildman–Crippen MR) is 87.1 cm³/mol. The predicted octanol–water partition coefficient (Wildman–Crippen LogP) is 4.06. The summed E-state index contributed by atoms with van der Waals surface area (Å²) in [6.45, 7) is 0. The van der Waals surface area contributed by atoms with Gasteiger partial charge >= 0.3 is 5.97 Å². The summed E-state index contributed by atoms with van der Waals surface area (Å²) in [5.41, 5.74) is 0.450. The Morgan fingerprint density at radius 1 is 1.23 bits per heavy atom. The van der Waals surface area contributed by atoms with Crippen LogP contribution in [0.5, 0.6) is 5.75 Å². The first-order chi connectivity index (χ1) is 10.4. The number of benzene rings is 2. The Morgan fingerprint density at radius 3 is 2.55 bits per heavy atom. The molecule has 0 radical (unpaired) electrons. The normalized spacial score (nSPS) is 10.1. The quantitative estimate of drug-likeness (QED) is 0.833. The van der Waals surface area contributed by atoms with E-state index in [0.717, 1.165) is 0 Å². The first-order valence-corrected chi connectivity index (χ1v) is 7.27. The number of carbonyl (C=O) groups excluding carboxylic acids is 1. The van der Waals surface area contributed by atoms with Gasteiger partial charge in [0.2, 0.25) is 0 Å². The van der Waals surface area contributed by atoms with E-state index < -0.39 is 11.9 Å².